The van der Waals surface area contributed by atoms with Gasteiger partial charge in [-0.1, -0.05) is 41.9 Å². The molecule has 5 nitrogen and oxygen atoms in total. The van der Waals surface area contributed by atoms with Crippen molar-refractivity contribution in [1.29, 1.82) is 5.26 Å². The number of amides is 1. The summed E-state index contributed by atoms with van der Waals surface area (Å²) in [6, 6.07) is 14.6. The molecule has 152 valence electrons. The van der Waals surface area contributed by atoms with E-state index in [0.29, 0.717) is 28.7 Å². The molecular formula is C23H25ClN2O3. The van der Waals surface area contributed by atoms with Crippen molar-refractivity contribution >= 4 is 23.6 Å². The van der Waals surface area contributed by atoms with Crippen molar-refractivity contribution in [3.05, 3.63) is 64.2 Å². The summed E-state index contributed by atoms with van der Waals surface area (Å²) in [6.45, 7) is 7.94. The van der Waals surface area contributed by atoms with Crippen LogP contribution in [-0.2, 0) is 4.79 Å². The highest BCUT2D eigenvalue weighted by atomic mass is 35.5. The Hall–Kier alpha value is -2.97. The Labute approximate surface area is 176 Å². The van der Waals surface area contributed by atoms with Gasteiger partial charge in [0.15, 0.2) is 11.5 Å². The van der Waals surface area contributed by atoms with Crippen molar-refractivity contribution in [3.63, 3.8) is 0 Å². The summed E-state index contributed by atoms with van der Waals surface area (Å²) < 4.78 is 11.4. The number of carbonyl (C=O) groups excluding carboxylic acids is 1. The van der Waals surface area contributed by atoms with Crippen molar-refractivity contribution in [2.24, 2.45) is 0 Å². The second-order valence-electron chi connectivity index (χ2n) is 6.71. The quantitative estimate of drug-likeness (QED) is 0.471. The first-order valence-corrected chi connectivity index (χ1v) is 9.84. The van der Waals surface area contributed by atoms with E-state index in [1.807, 2.05) is 64.1 Å². The first-order valence-electron chi connectivity index (χ1n) is 9.46. The molecular weight excluding hydrogens is 388 g/mol. The van der Waals surface area contributed by atoms with E-state index >= 15 is 0 Å². The van der Waals surface area contributed by atoms with Gasteiger partial charge in [0.1, 0.15) is 11.6 Å². The molecule has 2 aromatic rings. The molecule has 0 unspecified atom stereocenters. The minimum absolute atomic E-state index is 0.0242. The van der Waals surface area contributed by atoms with E-state index in [1.165, 1.54) is 6.08 Å². The summed E-state index contributed by atoms with van der Waals surface area (Å²) in [6.07, 6.45) is 1.41. The number of halogens is 1. The van der Waals surface area contributed by atoms with Crippen LogP contribution >= 0.6 is 11.6 Å². The van der Waals surface area contributed by atoms with E-state index in [1.54, 1.807) is 12.1 Å². The van der Waals surface area contributed by atoms with Gasteiger partial charge in [-0.15, -0.1) is 0 Å². The zero-order valence-electron chi connectivity index (χ0n) is 17.0. The predicted octanol–water partition coefficient (Wildman–Crippen LogP) is 5.31. The Morgan fingerprint density at radius 1 is 1.24 bits per heavy atom. The molecule has 2 rings (SSSR count). The zero-order chi connectivity index (χ0) is 21.4. The number of carbonyl (C=O) groups is 1. The molecule has 0 radical (unpaired) electrons. The van der Waals surface area contributed by atoms with Gasteiger partial charge in [0.2, 0.25) is 0 Å². The minimum atomic E-state index is -0.458. The van der Waals surface area contributed by atoms with Crippen LogP contribution in [0.5, 0.6) is 11.5 Å². The Kier molecular flexibility index (Phi) is 8.11. The third kappa shape index (κ3) is 6.27. The molecule has 1 amide bonds. The highest BCUT2D eigenvalue weighted by molar-refractivity contribution is 6.32. The number of ether oxygens (including phenoxy) is 2. The second-order valence-corrected chi connectivity index (χ2v) is 7.11. The topological polar surface area (TPSA) is 71.3 Å². The second kappa shape index (κ2) is 10.5. The first kappa shape index (κ1) is 22.3. The van der Waals surface area contributed by atoms with Gasteiger partial charge in [-0.2, -0.15) is 5.26 Å². The van der Waals surface area contributed by atoms with Gasteiger partial charge in [-0.05, 0) is 57.0 Å². The molecule has 1 N–H and O–H groups in total. The van der Waals surface area contributed by atoms with Crippen LogP contribution in [0.4, 0.5) is 0 Å². The highest BCUT2D eigenvalue weighted by Gasteiger charge is 2.17. The lowest BCUT2D eigenvalue weighted by Crippen LogP contribution is -2.27. The molecule has 0 spiro atoms. The van der Waals surface area contributed by atoms with Gasteiger partial charge in [0, 0.05) is 0 Å². The number of rotatable bonds is 8. The van der Waals surface area contributed by atoms with E-state index in [0.717, 1.165) is 5.56 Å². The summed E-state index contributed by atoms with van der Waals surface area (Å²) in [4.78, 5) is 12.6. The average Bonchev–Trinajstić information content (AvgIpc) is 2.69. The van der Waals surface area contributed by atoms with E-state index in [9.17, 15) is 10.1 Å². The standard InChI is InChI=1S/C23H25ClN2O3/c1-5-28-21-13-17(12-20(24)22(21)29-15(2)3)11-19(14-25)23(27)26-16(4)18-9-7-6-8-10-18/h6-13,15-16H,5H2,1-4H3,(H,26,27)/b19-11-/t16-/m1/s1. The Balaban J connectivity index is 2.29. The summed E-state index contributed by atoms with van der Waals surface area (Å²) in [5, 5.41) is 12.7. The SMILES string of the molecule is CCOc1cc(/C=C(/C#N)C(=O)N[C@H](C)c2ccccc2)cc(Cl)c1OC(C)C. The van der Waals surface area contributed by atoms with Gasteiger partial charge < -0.3 is 14.8 Å². The van der Waals surface area contributed by atoms with Crippen molar-refractivity contribution in [2.75, 3.05) is 6.61 Å². The molecule has 0 bridgehead atoms. The largest absolute Gasteiger partial charge is 0.490 e. The monoisotopic (exact) mass is 412 g/mol. The first-order chi connectivity index (χ1) is 13.8. The van der Waals surface area contributed by atoms with Crippen molar-refractivity contribution in [2.45, 2.75) is 39.8 Å². The van der Waals surface area contributed by atoms with Crippen molar-refractivity contribution < 1.29 is 14.3 Å². The fraction of sp³-hybridized carbons (Fsp3) is 0.304. The maximum absolute atomic E-state index is 12.6. The molecule has 6 heteroatoms. The Bertz CT molecular complexity index is 918. The summed E-state index contributed by atoms with van der Waals surface area (Å²) in [5.41, 5.74) is 1.51. The summed E-state index contributed by atoms with van der Waals surface area (Å²) in [5.74, 6) is 0.456. The van der Waals surface area contributed by atoms with E-state index in [-0.39, 0.29) is 17.7 Å². The number of nitrogens with one attached hydrogen (secondary N) is 1. The molecule has 1 atom stereocenters. The molecule has 0 saturated carbocycles. The van der Waals surface area contributed by atoms with E-state index in [4.69, 9.17) is 21.1 Å². The van der Waals surface area contributed by atoms with Crippen molar-refractivity contribution in [1.82, 2.24) is 5.32 Å². The van der Waals surface area contributed by atoms with Crippen LogP contribution in [0.25, 0.3) is 6.08 Å². The van der Waals surface area contributed by atoms with Gasteiger partial charge in [-0.25, -0.2) is 0 Å². The third-order valence-corrected chi connectivity index (χ3v) is 4.29. The summed E-state index contributed by atoms with van der Waals surface area (Å²) >= 11 is 6.37. The number of nitriles is 1. The lowest BCUT2D eigenvalue weighted by atomic mass is 10.1. The normalized spacial score (nSPS) is 12.2. The minimum Gasteiger partial charge on any atom is -0.490 e. The third-order valence-electron chi connectivity index (χ3n) is 4.01. The van der Waals surface area contributed by atoms with Crippen LogP contribution in [0.3, 0.4) is 0 Å². The average molecular weight is 413 g/mol. The smallest absolute Gasteiger partial charge is 0.262 e. The maximum atomic E-state index is 12.6. The van der Waals surface area contributed by atoms with Gasteiger partial charge in [-0.3, -0.25) is 4.79 Å². The predicted molar refractivity (Wildman–Crippen MR) is 115 cm³/mol. The van der Waals surface area contributed by atoms with Gasteiger partial charge in [0.25, 0.3) is 5.91 Å². The van der Waals surface area contributed by atoms with Gasteiger partial charge in [0.05, 0.1) is 23.8 Å². The fourth-order valence-electron chi connectivity index (χ4n) is 2.70. The molecule has 0 heterocycles. The van der Waals surface area contributed by atoms with E-state index < -0.39 is 5.91 Å². The maximum Gasteiger partial charge on any atom is 0.262 e. The van der Waals surface area contributed by atoms with Crippen LogP contribution in [0.2, 0.25) is 5.02 Å². The number of nitrogens with zero attached hydrogens (tertiary/aromatic N) is 1. The van der Waals surface area contributed by atoms with Crippen LogP contribution in [-0.4, -0.2) is 18.6 Å². The van der Waals surface area contributed by atoms with Gasteiger partial charge >= 0.3 is 0 Å². The molecule has 0 aliphatic heterocycles. The molecule has 0 saturated heterocycles. The Morgan fingerprint density at radius 3 is 2.52 bits per heavy atom. The molecule has 0 fully saturated rings. The van der Waals surface area contributed by atoms with Crippen LogP contribution in [0, 0.1) is 11.3 Å². The molecule has 0 aliphatic carbocycles. The Morgan fingerprint density at radius 2 is 1.93 bits per heavy atom. The van der Waals surface area contributed by atoms with E-state index in [2.05, 4.69) is 5.32 Å². The van der Waals surface area contributed by atoms with Crippen molar-refractivity contribution in [3.8, 4) is 17.6 Å². The molecule has 29 heavy (non-hydrogen) atoms. The fourth-order valence-corrected chi connectivity index (χ4v) is 2.96. The lowest BCUT2D eigenvalue weighted by molar-refractivity contribution is -0.117. The molecule has 0 aromatic heterocycles. The molecule has 0 aliphatic rings. The number of hydrogen-bond acceptors (Lipinski definition) is 4. The number of hydrogen-bond donors (Lipinski definition) is 1. The van der Waals surface area contributed by atoms with Crippen LogP contribution in [0.15, 0.2) is 48.0 Å². The zero-order valence-corrected chi connectivity index (χ0v) is 17.8. The summed E-state index contributed by atoms with van der Waals surface area (Å²) in [7, 11) is 0. The van der Waals surface area contributed by atoms with Crippen LogP contribution < -0.4 is 14.8 Å². The lowest BCUT2D eigenvalue weighted by Gasteiger charge is -2.17. The highest BCUT2D eigenvalue weighted by Crippen LogP contribution is 2.38. The molecule has 2 aromatic carbocycles. The van der Waals surface area contributed by atoms with Crippen LogP contribution in [0.1, 0.15) is 44.9 Å². The number of benzene rings is 2.